The molecule has 0 aliphatic heterocycles. The number of nitrogens with two attached hydrogens (primary N) is 1. The van der Waals surface area contributed by atoms with Gasteiger partial charge in [-0.2, -0.15) is 5.26 Å². The summed E-state index contributed by atoms with van der Waals surface area (Å²) in [5.41, 5.74) is 7.30. The molecular weight excluding hydrogens is 316 g/mol. The van der Waals surface area contributed by atoms with Gasteiger partial charge in [0.2, 0.25) is 0 Å². The Morgan fingerprint density at radius 2 is 2.25 bits per heavy atom. The molecule has 0 spiro atoms. The van der Waals surface area contributed by atoms with E-state index in [9.17, 15) is 0 Å². The van der Waals surface area contributed by atoms with E-state index in [0.29, 0.717) is 13.0 Å². The quantitative estimate of drug-likeness (QED) is 0.823. The van der Waals surface area contributed by atoms with E-state index in [1.54, 1.807) is 0 Å². The highest BCUT2D eigenvalue weighted by Gasteiger charge is 2.43. The minimum absolute atomic E-state index is 0.109. The topological polar surface area (TPSA) is 59.0 Å². The summed E-state index contributed by atoms with van der Waals surface area (Å²) < 4.78 is 6.84. The first kappa shape index (κ1) is 15.3. The van der Waals surface area contributed by atoms with Crippen molar-refractivity contribution in [3.63, 3.8) is 0 Å². The number of nitrogens with zero attached hydrogens (tertiary/aromatic N) is 1. The lowest BCUT2D eigenvalue weighted by molar-refractivity contribution is 0.235. The molecule has 1 atom stereocenters. The minimum Gasteiger partial charge on any atom is -0.492 e. The van der Waals surface area contributed by atoms with Gasteiger partial charge >= 0.3 is 0 Å². The monoisotopic (exact) mass is 336 g/mol. The van der Waals surface area contributed by atoms with Crippen LogP contribution in [0.2, 0.25) is 0 Å². The SMILES string of the molecule is CCC(N)Cc1ccc(OCC2(CC#N)CC2)c(Br)c1. The molecule has 0 aromatic heterocycles. The second-order valence-corrected chi connectivity index (χ2v) is 6.62. The molecule has 20 heavy (non-hydrogen) atoms. The molecule has 4 heteroatoms. The van der Waals surface area contributed by atoms with Crippen molar-refractivity contribution < 1.29 is 4.74 Å². The first-order valence-electron chi connectivity index (χ1n) is 7.12. The lowest BCUT2D eigenvalue weighted by atomic mass is 10.0. The maximum atomic E-state index is 8.81. The smallest absolute Gasteiger partial charge is 0.133 e. The predicted molar refractivity (Wildman–Crippen MR) is 83.5 cm³/mol. The molecule has 1 aromatic rings. The Kier molecular flexibility index (Phi) is 5.06. The number of halogens is 1. The van der Waals surface area contributed by atoms with Gasteiger partial charge in [-0.05, 0) is 59.3 Å². The van der Waals surface area contributed by atoms with Crippen molar-refractivity contribution in [1.29, 1.82) is 5.26 Å². The number of hydrogen-bond acceptors (Lipinski definition) is 3. The van der Waals surface area contributed by atoms with E-state index < -0.39 is 0 Å². The van der Waals surface area contributed by atoms with E-state index >= 15 is 0 Å². The van der Waals surface area contributed by atoms with Gasteiger partial charge in [0.1, 0.15) is 5.75 Å². The van der Waals surface area contributed by atoms with E-state index in [2.05, 4.69) is 41.1 Å². The van der Waals surface area contributed by atoms with Gasteiger partial charge in [0, 0.05) is 17.9 Å². The van der Waals surface area contributed by atoms with Crippen molar-refractivity contribution in [3.8, 4) is 11.8 Å². The van der Waals surface area contributed by atoms with Gasteiger partial charge in [-0.15, -0.1) is 0 Å². The number of benzene rings is 1. The summed E-state index contributed by atoms with van der Waals surface area (Å²) >= 11 is 3.56. The molecule has 2 N–H and O–H groups in total. The fraction of sp³-hybridized carbons (Fsp3) is 0.562. The van der Waals surface area contributed by atoms with E-state index in [1.165, 1.54) is 5.56 Å². The third-order valence-corrected chi connectivity index (χ3v) is 4.58. The largest absolute Gasteiger partial charge is 0.492 e. The van der Waals surface area contributed by atoms with Crippen molar-refractivity contribution in [3.05, 3.63) is 28.2 Å². The van der Waals surface area contributed by atoms with Crippen LogP contribution in [0.25, 0.3) is 0 Å². The van der Waals surface area contributed by atoms with Gasteiger partial charge in [0.05, 0.1) is 17.1 Å². The molecule has 2 rings (SSSR count). The lowest BCUT2D eigenvalue weighted by Gasteiger charge is -2.15. The van der Waals surface area contributed by atoms with E-state index in [0.717, 1.165) is 35.9 Å². The van der Waals surface area contributed by atoms with Gasteiger partial charge in [-0.25, -0.2) is 0 Å². The molecule has 1 fully saturated rings. The zero-order valence-corrected chi connectivity index (χ0v) is 13.4. The van der Waals surface area contributed by atoms with Gasteiger partial charge in [0.15, 0.2) is 0 Å². The Morgan fingerprint density at radius 1 is 1.50 bits per heavy atom. The van der Waals surface area contributed by atoms with Crippen LogP contribution in [0.15, 0.2) is 22.7 Å². The van der Waals surface area contributed by atoms with Crippen molar-refractivity contribution in [1.82, 2.24) is 0 Å². The highest BCUT2D eigenvalue weighted by molar-refractivity contribution is 9.10. The molecule has 1 aromatic carbocycles. The molecule has 1 unspecified atom stereocenters. The standard InChI is InChI=1S/C16H21BrN2O/c1-2-13(19)9-12-3-4-15(14(17)10-12)20-11-16(5-6-16)7-8-18/h3-4,10,13H,2,5-7,9,11,19H2,1H3. The third kappa shape index (κ3) is 3.97. The van der Waals surface area contributed by atoms with E-state index in [-0.39, 0.29) is 11.5 Å². The van der Waals surface area contributed by atoms with E-state index in [1.807, 2.05) is 6.07 Å². The van der Waals surface area contributed by atoms with Crippen LogP contribution in [0.3, 0.4) is 0 Å². The predicted octanol–water partition coefficient (Wildman–Crippen LogP) is 3.80. The zero-order valence-electron chi connectivity index (χ0n) is 11.9. The highest BCUT2D eigenvalue weighted by Crippen LogP contribution is 2.49. The number of hydrogen-bond donors (Lipinski definition) is 1. The van der Waals surface area contributed by atoms with Gasteiger partial charge in [-0.1, -0.05) is 13.0 Å². The summed E-state index contributed by atoms with van der Waals surface area (Å²) in [5, 5.41) is 8.81. The van der Waals surface area contributed by atoms with Crippen molar-refractivity contribution in [2.45, 2.75) is 45.1 Å². The van der Waals surface area contributed by atoms with Crippen LogP contribution in [0, 0.1) is 16.7 Å². The van der Waals surface area contributed by atoms with Crippen LogP contribution in [0.5, 0.6) is 5.75 Å². The molecule has 3 nitrogen and oxygen atoms in total. The molecule has 0 amide bonds. The molecule has 0 saturated heterocycles. The Morgan fingerprint density at radius 3 is 2.80 bits per heavy atom. The minimum atomic E-state index is 0.109. The maximum absolute atomic E-state index is 8.81. The molecule has 108 valence electrons. The van der Waals surface area contributed by atoms with E-state index in [4.69, 9.17) is 15.7 Å². The fourth-order valence-corrected chi connectivity index (χ4v) is 2.72. The maximum Gasteiger partial charge on any atom is 0.133 e. The molecule has 1 aliphatic carbocycles. The first-order chi connectivity index (χ1) is 9.58. The highest BCUT2D eigenvalue weighted by atomic mass is 79.9. The average Bonchev–Trinajstić information content (AvgIpc) is 3.18. The Bertz CT molecular complexity index is 506. The Balaban J connectivity index is 1.94. The number of rotatable bonds is 7. The van der Waals surface area contributed by atoms with Crippen molar-refractivity contribution in [2.24, 2.45) is 11.1 Å². The molecular formula is C16H21BrN2O. The summed E-state index contributed by atoms with van der Waals surface area (Å²) in [6, 6.07) is 8.60. The van der Waals surface area contributed by atoms with Crippen LogP contribution in [-0.4, -0.2) is 12.6 Å². The van der Waals surface area contributed by atoms with Crippen LogP contribution in [0.1, 0.15) is 38.2 Å². The summed E-state index contributed by atoms with van der Waals surface area (Å²) in [4.78, 5) is 0. The van der Waals surface area contributed by atoms with Gasteiger partial charge < -0.3 is 10.5 Å². The molecule has 1 saturated carbocycles. The second-order valence-electron chi connectivity index (χ2n) is 5.76. The normalized spacial score (nSPS) is 17.3. The van der Waals surface area contributed by atoms with Crippen molar-refractivity contribution >= 4 is 15.9 Å². The molecule has 0 heterocycles. The number of ether oxygens (including phenoxy) is 1. The zero-order chi connectivity index (χ0) is 14.6. The third-order valence-electron chi connectivity index (χ3n) is 3.96. The summed E-state index contributed by atoms with van der Waals surface area (Å²) in [6.45, 7) is 2.73. The van der Waals surface area contributed by atoms with Gasteiger partial charge in [0.25, 0.3) is 0 Å². The van der Waals surface area contributed by atoms with Gasteiger partial charge in [-0.3, -0.25) is 0 Å². The van der Waals surface area contributed by atoms with Crippen LogP contribution in [-0.2, 0) is 6.42 Å². The molecule has 0 radical (unpaired) electrons. The lowest BCUT2D eigenvalue weighted by Crippen LogP contribution is -2.21. The Hall–Kier alpha value is -1.05. The summed E-state index contributed by atoms with van der Waals surface area (Å²) in [5.74, 6) is 0.850. The first-order valence-corrected chi connectivity index (χ1v) is 7.91. The summed E-state index contributed by atoms with van der Waals surface area (Å²) in [6.07, 6.45) is 4.65. The van der Waals surface area contributed by atoms with Crippen LogP contribution >= 0.6 is 15.9 Å². The molecule has 0 bridgehead atoms. The summed E-state index contributed by atoms with van der Waals surface area (Å²) in [7, 11) is 0. The average molecular weight is 337 g/mol. The Labute approximate surface area is 129 Å². The molecule has 1 aliphatic rings. The fourth-order valence-electron chi connectivity index (χ4n) is 2.18. The van der Waals surface area contributed by atoms with Crippen molar-refractivity contribution in [2.75, 3.05) is 6.61 Å². The van der Waals surface area contributed by atoms with Crippen LogP contribution in [0.4, 0.5) is 0 Å². The second kappa shape index (κ2) is 6.60. The number of nitriles is 1. The van der Waals surface area contributed by atoms with Crippen LogP contribution < -0.4 is 10.5 Å².